The minimum Gasteiger partial charge on any atom is -0.481 e. The van der Waals surface area contributed by atoms with E-state index < -0.39 is 5.97 Å². The van der Waals surface area contributed by atoms with Crippen LogP contribution in [0.15, 0.2) is 16.9 Å². The minimum absolute atomic E-state index is 0.0565. The number of carboxylic acid groups (broad SMARTS) is 1. The minimum atomic E-state index is -0.860. The van der Waals surface area contributed by atoms with E-state index in [0.29, 0.717) is 25.2 Å². The maximum Gasteiger partial charge on any atom is 0.317 e. The fourth-order valence-electron chi connectivity index (χ4n) is 1.20. The third-order valence-corrected chi connectivity index (χ3v) is 2.14. The summed E-state index contributed by atoms with van der Waals surface area (Å²) in [5.41, 5.74) is 0.636. The van der Waals surface area contributed by atoms with E-state index in [0.717, 1.165) is 0 Å². The van der Waals surface area contributed by atoms with Gasteiger partial charge < -0.3 is 19.8 Å². The number of carbonyl (C=O) groups excluding carboxylic acids is 1. The molecule has 1 rings (SSSR count). The standard InChI is InChI=1S/C10H15N3O4/c1-13(5-2-3-9(14)15)10(16)11-7-8-4-6-17-12-8/h4,6H,2-3,5,7H2,1H3,(H,11,16)(H,14,15). The molecule has 1 aromatic rings. The Bertz CT molecular complexity index is 364. The Balaban J connectivity index is 2.20. The van der Waals surface area contributed by atoms with Crippen LogP contribution in [0.4, 0.5) is 4.79 Å². The highest BCUT2D eigenvalue weighted by Gasteiger charge is 2.09. The third-order valence-electron chi connectivity index (χ3n) is 2.14. The first kappa shape index (κ1) is 13.0. The zero-order valence-electron chi connectivity index (χ0n) is 9.55. The topological polar surface area (TPSA) is 95.7 Å². The Morgan fingerprint density at radius 1 is 1.59 bits per heavy atom. The first-order valence-electron chi connectivity index (χ1n) is 5.19. The molecule has 0 unspecified atom stereocenters. The largest absolute Gasteiger partial charge is 0.481 e. The first-order chi connectivity index (χ1) is 8.09. The van der Waals surface area contributed by atoms with Crippen LogP contribution in [-0.2, 0) is 11.3 Å². The van der Waals surface area contributed by atoms with Gasteiger partial charge in [0.05, 0.1) is 6.54 Å². The van der Waals surface area contributed by atoms with Gasteiger partial charge in [0.1, 0.15) is 12.0 Å². The fraction of sp³-hybridized carbons (Fsp3) is 0.500. The molecule has 0 bridgehead atoms. The zero-order chi connectivity index (χ0) is 12.7. The maximum absolute atomic E-state index is 11.5. The lowest BCUT2D eigenvalue weighted by atomic mass is 10.3. The van der Waals surface area contributed by atoms with E-state index in [1.54, 1.807) is 13.1 Å². The molecule has 0 spiro atoms. The van der Waals surface area contributed by atoms with Gasteiger partial charge in [-0.05, 0) is 6.42 Å². The van der Waals surface area contributed by atoms with Crippen LogP contribution in [-0.4, -0.2) is 40.8 Å². The molecule has 0 aliphatic heterocycles. The summed E-state index contributed by atoms with van der Waals surface area (Å²) < 4.78 is 4.62. The molecule has 1 heterocycles. The number of rotatable bonds is 6. The van der Waals surface area contributed by atoms with Crippen molar-refractivity contribution in [2.75, 3.05) is 13.6 Å². The zero-order valence-corrected chi connectivity index (χ0v) is 9.55. The van der Waals surface area contributed by atoms with E-state index in [2.05, 4.69) is 15.0 Å². The van der Waals surface area contributed by atoms with Gasteiger partial charge in [-0.2, -0.15) is 0 Å². The molecule has 0 aromatic carbocycles. The van der Waals surface area contributed by atoms with Gasteiger partial charge in [-0.15, -0.1) is 0 Å². The number of nitrogens with one attached hydrogen (secondary N) is 1. The second-order valence-corrected chi connectivity index (χ2v) is 3.57. The van der Waals surface area contributed by atoms with Crippen LogP contribution >= 0.6 is 0 Å². The summed E-state index contributed by atoms with van der Waals surface area (Å²) in [5, 5.41) is 14.7. The van der Waals surface area contributed by atoms with Crippen molar-refractivity contribution in [2.45, 2.75) is 19.4 Å². The van der Waals surface area contributed by atoms with Gasteiger partial charge in [-0.3, -0.25) is 4.79 Å². The van der Waals surface area contributed by atoms with E-state index in [1.165, 1.54) is 11.2 Å². The molecular weight excluding hydrogens is 226 g/mol. The number of amides is 2. The summed E-state index contributed by atoms with van der Waals surface area (Å²) in [4.78, 5) is 23.3. The summed E-state index contributed by atoms with van der Waals surface area (Å²) in [6.45, 7) is 0.690. The number of urea groups is 1. The van der Waals surface area contributed by atoms with Crippen molar-refractivity contribution in [3.8, 4) is 0 Å². The fourth-order valence-corrected chi connectivity index (χ4v) is 1.20. The Labute approximate surface area is 98.4 Å². The maximum atomic E-state index is 11.5. The van der Waals surface area contributed by atoms with Crippen LogP contribution in [0, 0.1) is 0 Å². The van der Waals surface area contributed by atoms with E-state index in [-0.39, 0.29) is 12.5 Å². The predicted octanol–water partition coefficient (Wildman–Crippen LogP) is 0.681. The second-order valence-electron chi connectivity index (χ2n) is 3.57. The Morgan fingerprint density at radius 3 is 2.94 bits per heavy atom. The molecule has 1 aromatic heterocycles. The van der Waals surface area contributed by atoms with Crippen molar-refractivity contribution in [3.05, 3.63) is 18.0 Å². The lowest BCUT2D eigenvalue weighted by Gasteiger charge is -2.16. The smallest absolute Gasteiger partial charge is 0.317 e. The molecule has 0 fully saturated rings. The number of aromatic nitrogens is 1. The van der Waals surface area contributed by atoms with Gasteiger partial charge in [0.2, 0.25) is 0 Å². The van der Waals surface area contributed by atoms with E-state index in [1.807, 2.05) is 0 Å². The molecule has 7 nitrogen and oxygen atoms in total. The predicted molar refractivity (Wildman–Crippen MR) is 58.2 cm³/mol. The van der Waals surface area contributed by atoms with Gasteiger partial charge in [-0.25, -0.2) is 4.79 Å². The van der Waals surface area contributed by atoms with Crippen LogP contribution in [0.1, 0.15) is 18.5 Å². The van der Waals surface area contributed by atoms with E-state index in [4.69, 9.17) is 5.11 Å². The van der Waals surface area contributed by atoms with Crippen LogP contribution in [0.3, 0.4) is 0 Å². The molecule has 0 radical (unpaired) electrons. The first-order valence-corrected chi connectivity index (χ1v) is 5.19. The summed E-state index contributed by atoms with van der Waals surface area (Å²) in [6.07, 6.45) is 1.92. The highest BCUT2D eigenvalue weighted by Crippen LogP contribution is 1.96. The lowest BCUT2D eigenvalue weighted by molar-refractivity contribution is -0.137. The molecule has 7 heteroatoms. The molecule has 0 saturated heterocycles. The molecular formula is C10H15N3O4. The van der Waals surface area contributed by atoms with Crippen LogP contribution < -0.4 is 5.32 Å². The Morgan fingerprint density at radius 2 is 2.35 bits per heavy atom. The normalized spacial score (nSPS) is 9.94. The average Bonchev–Trinajstić information content (AvgIpc) is 2.78. The van der Waals surface area contributed by atoms with E-state index >= 15 is 0 Å². The highest BCUT2D eigenvalue weighted by molar-refractivity contribution is 5.73. The number of aliphatic carboxylic acids is 1. The molecule has 17 heavy (non-hydrogen) atoms. The molecule has 0 aliphatic carbocycles. The van der Waals surface area contributed by atoms with Crippen molar-refractivity contribution in [2.24, 2.45) is 0 Å². The summed E-state index contributed by atoms with van der Waals surface area (Å²) in [7, 11) is 1.61. The van der Waals surface area contributed by atoms with Crippen molar-refractivity contribution in [1.82, 2.24) is 15.4 Å². The number of hydrogen-bond acceptors (Lipinski definition) is 4. The van der Waals surface area contributed by atoms with Crippen LogP contribution in [0.2, 0.25) is 0 Å². The highest BCUT2D eigenvalue weighted by atomic mass is 16.5. The average molecular weight is 241 g/mol. The lowest BCUT2D eigenvalue weighted by Crippen LogP contribution is -2.37. The summed E-state index contributed by atoms with van der Waals surface area (Å²) in [5.74, 6) is -0.860. The van der Waals surface area contributed by atoms with Gasteiger partial charge in [0.25, 0.3) is 0 Å². The van der Waals surface area contributed by atoms with Crippen LogP contribution in [0.5, 0.6) is 0 Å². The monoisotopic (exact) mass is 241 g/mol. The summed E-state index contributed by atoms with van der Waals surface area (Å²) in [6, 6.07) is 1.39. The Kier molecular flexibility index (Phi) is 4.99. The molecule has 0 aliphatic rings. The van der Waals surface area contributed by atoms with E-state index in [9.17, 15) is 9.59 Å². The Hall–Kier alpha value is -2.05. The van der Waals surface area contributed by atoms with Crippen LogP contribution in [0.25, 0.3) is 0 Å². The number of carbonyl (C=O) groups is 2. The third kappa shape index (κ3) is 5.01. The molecule has 0 saturated carbocycles. The van der Waals surface area contributed by atoms with Gasteiger partial charge in [0, 0.05) is 26.1 Å². The number of carboxylic acids is 1. The molecule has 0 atom stereocenters. The van der Waals surface area contributed by atoms with Crippen molar-refractivity contribution < 1.29 is 19.2 Å². The molecule has 94 valence electrons. The summed E-state index contributed by atoms with van der Waals surface area (Å²) >= 11 is 0. The quantitative estimate of drug-likeness (QED) is 0.763. The second kappa shape index (κ2) is 6.51. The number of nitrogens with zero attached hydrogens (tertiary/aromatic N) is 2. The van der Waals surface area contributed by atoms with Crippen molar-refractivity contribution in [1.29, 1.82) is 0 Å². The number of hydrogen-bond donors (Lipinski definition) is 2. The van der Waals surface area contributed by atoms with Crippen molar-refractivity contribution in [3.63, 3.8) is 0 Å². The van der Waals surface area contributed by atoms with Gasteiger partial charge >= 0.3 is 12.0 Å². The van der Waals surface area contributed by atoms with Gasteiger partial charge in [-0.1, -0.05) is 5.16 Å². The SMILES string of the molecule is CN(CCCC(=O)O)C(=O)NCc1ccon1. The van der Waals surface area contributed by atoms with Gasteiger partial charge in [0.15, 0.2) is 0 Å². The van der Waals surface area contributed by atoms with Crippen molar-refractivity contribution >= 4 is 12.0 Å². The molecule has 2 amide bonds. The molecule has 2 N–H and O–H groups in total.